The molecule has 0 saturated heterocycles. The first-order valence-electron chi connectivity index (χ1n) is 5.79. The van der Waals surface area contributed by atoms with Crippen molar-refractivity contribution in [1.82, 2.24) is 0 Å². The number of ether oxygens (including phenoxy) is 1. The summed E-state index contributed by atoms with van der Waals surface area (Å²) in [6, 6.07) is 6.23. The zero-order valence-electron chi connectivity index (χ0n) is 9.40. The molecule has 0 bridgehead atoms. The fourth-order valence-electron chi connectivity index (χ4n) is 2.14. The molecule has 1 aliphatic carbocycles. The summed E-state index contributed by atoms with van der Waals surface area (Å²) in [5.41, 5.74) is 2.24. The number of fused-ring (bicyclic) bond motifs is 1. The minimum atomic E-state index is 0.123. The van der Waals surface area contributed by atoms with Crippen LogP contribution in [0, 0.1) is 0 Å². The summed E-state index contributed by atoms with van der Waals surface area (Å²) in [4.78, 5) is 13.3. The van der Waals surface area contributed by atoms with E-state index in [1.165, 1.54) is 18.4 Å². The van der Waals surface area contributed by atoms with E-state index in [9.17, 15) is 4.79 Å². The van der Waals surface area contributed by atoms with Gasteiger partial charge in [0, 0.05) is 7.05 Å². The van der Waals surface area contributed by atoms with Crippen LogP contribution in [0.5, 0.6) is 5.75 Å². The molecule has 1 aromatic carbocycles. The van der Waals surface area contributed by atoms with Gasteiger partial charge in [-0.15, -0.1) is 0 Å². The molecule has 16 heavy (non-hydrogen) atoms. The minimum Gasteiger partial charge on any atom is -0.491 e. The quantitative estimate of drug-likeness (QED) is 0.722. The summed E-state index contributed by atoms with van der Waals surface area (Å²) in [5.74, 6) is 1.70. The molecule has 1 aromatic rings. The number of carbonyl (C=O) groups is 1. The van der Waals surface area contributed by atoms with Crippen molar-refractivity contribution in [2.45, 2.75) is 25.2 Å². The third-order valence-corrected chi connectivity index (χ3v) is 3.34. The molecular weight excluding hydrogens is 202 g/mol. The number of amides is 1. The third-order valence-electron chi connectivity index (χ3n) is 3.34. The van der Waals surface area contributed by atoms with E-state index in [1.807, 2.05) is 13.1 Å². The number of nitrogens with zero attached hydrogens (tertiary/aromatic N) is 1. The predicted octanol–water partition coefficient (Wildman–Crippen LogP) is 2.31. The van der Waals surface area contributed by atoms with Crippen molar-refractivity contribution in [3.63, 3.8) is 0 Å². The molecule has 3 rings (SSSR count). The molecule has 0 radical (unpaired) electrons. The van der Waals surface area contributed by atoms with Gasteiger partial charge in [-0.2, -0.15) is 0 Å². The van der Waals surface area contributed by atoms with Gasteiger partial charge in [-0.05, 0) is 36.5 Å². The zero-order chi connectivity index (χ0) is 11.1. The van der Waals surface area contributed by atoms with Crippen LogP contribution in [0.15, 0.2) is 18.2 Å². The topological polar surface area (TPSA) is 29.5 Å². The molecule has 0 unspecified atom stereocenters. The van der Waals surface area contributed by atoms with Crippen molar-refractivity contribution < 1.29 is 9.53 Å². The van der Waals surface area contributed by atoms with Crippen molar-refractivity contribution >= 4 is 11.6 Å². The molecule has 3 heteroatoms. The van der Waals surface area contributed by atoms with E-state index in [0.717, 1.165) is 17.4 Å². The molecule has 1 saturated carbocycles. The van der Waals surface area contributed by atoms with Crippen LogP contribution in [0.2, 0.25) is 0 Å². The molecule has 1 heterocycles. The van der Waals surface area contributed by atoms with Crippen LogP contribution < -0.4 is 9.64 Å². The van der Waals surface area contributed by atoms with Gasteiger partial charge in [-0.1, -0.05) is 6.07 Å². The second-order valence-electron chi connectivity index (χ2n) is 4.55. The van der Waals surface area contributed by atoms with Gasteiger partial charge in [0.25, 0.3) is 0 Å². The van der Waals surface area contributed by atoms with Crippen LogP contribution in [0.4, 0.5) is 5.69 Å². The molecule has 0 N–H and O–H groups in total. The van der Waals surface area contributed by atoms with Gasteiger partial charge >= 0.3 is 0 Å². The number of rotatable bonds is 1. The van der Waals surface area contributed by atoms with Crippen LogP contribution in [0.3, 0.4) is 0 Å². The average molecular weight is 217 g/mol. The fourth-order valence-corrected chi connectivity index (χ4v) is 2.14. The monoisotopic (exact) mass is 217 g/mol. The summed E-state index contributed by atoms with van der Waals surface area (Å²) in [6.07, 6.45) is 3.03. The van der Waals surface area contributed by atoms with Gasteiger partial charge in [0.05, 0.1) is 18.7 Å². The molecule has 1 fully saturated rings. The molecular formula is C13H15NO2. The Bertz CT molecular complexity index is 438. The van der Waals surface area contributed by atoms with E-state index in [4.69, 9.17) is 4.74 Å². The van der Waals surface area contributed by atoms with Crippen molar-refractivity contribution in [2.75, 3.05) is 18.6 Å². The molecule has 84 valence electrons. The number of hydrogen-bond acceptors (Lipinski definition) is 2. The van der Waals surface area contributed by atoms with Crippen molar-refractivity contribution in [3.8, 4) is 5.75 Å². The largest absolute Gasteiger partial charge is 0.491 e. The van der Waals surface area contributed by atoms with Crippen LogP contribution in [0.25, 0.3) is 0 Å². The second-order valence-corrected chi connectivity index (χ2v) is 4.55. The molecule has 0 atom stereocenters. The first kappa shape index (κ1) is 9.70. The Labute approximate surface area is 95.0 Å². The lowest BCUT2D eigenvalue weighted by Crippen LogP contribution is -2.25. The summed E-state index contributed by atoms with van der Waals surface area (Å²) >= 11 is 0. The normalized spacial score (nSPS) is 20.1. The van der Waals surface area contributed by atoms with Gasteiger partial charge in [-0.3, -0.25) is 4.79 Å². The van der Waals surface area contributed by atoms with Gasteiger partial charge in [-0.25, -0.2) is 0 Å². The summed E-state index contributed by atoms with van der Waals surface area (Å²) in [6.45, 7) is 0.490. The molecule has 0 spiro atoms. The first-order chi connectivity index (χ1) is 7.75. The third kappa shape index (κ3) is 1.56. The standard InChI is InChI=1S/C13H15NO2/c1-14-11-5-4-10(9-2-3-9)8-12(11)16-7-6-13(14)15/h4-5,8-9H,2-3,6-7H2,1H3. The van der Waals surface area contributed by atoms with E-state index in [-0.39, 0.29) is 5.91 Å². The SMILES string of the molecule is CN1C(=O)CCOc2cc(C3CC3)ccc21. The minimum absolute atomic E-state index is 0.123. The zero-order valence-corrected chi connectivity index (χ0v) is 9.40. The lowest BCUT2D eigenvalue weighted by molar-refractivity contribution is -0.118. The van der Waals surface area contributed by atoms with Crippen LogP contribution in [-0.2, 0) is 4.79 Å². The number of carbonyl (C=O) groups excluding carboxylic acids is 1. The van der Waals surface area contributed by atoms with Crippen molar-refractivity contribution in [2.24, 2.45) is 0 Å². The highest BCUT2D eigenvalue weighted by Crippen LogP contribution is 2.43. The lowest BCUT2D eigenvalue weighted by Gasteiger charge is -2.16. The summed E-state index contributed by atoms with van der Waals surface area (Å²) < 4.78 is 5.65. The van der Waals surface area contributed by atoms with Gasteiger partial charge in [0.15, 0.2) is 0 Å². The number of hydrogen-bond donors (Lipinski definition) is 0. The highest BCUT2D eigenvalue weighted by atomic mass is 16.5. The number of anilines is 1. The van der Waals surface area contributed by atoms with Crippen molar-refractivity contribution in [3.05, 3.63) is 23.8 Å². The molecule has 1 aliphatic heterocycles. The van der Waals surface area contributed by atoms with Crippen LogP contribution in [0.1, 0.15) is 30.7 Å². The Morgan fingerprint density at radius 1 is 1.38 bits per heavy atom. The average Bonchev–Trinajstić information content (AvgIpc) is 3.11. The van der Waals surface area contributed by atoms with Crippen molar-refractivity contribution in [1.29, 1.82) is 0 Å². The molecule has 1 amide bonds. The Kier molecular flexibility index (Phi) is 2.13. The first-order valence-corrected chi connectivity index (χ1v) is 5.79. The smallest absolute Gasteiger partial charge is 0.230 e. The highest BCUT2D eigenvalue weighted by Gasteiger charge is 2.26. The van der Waals surface area contributed by atoms with E-state index < -0.39 is 0 Å². The second kappa shape index (κ2) is 3.51. The molecule has 2 aliphatic rings. The Hall–Kier alpha value is -1.51. The maximum absolute atomic E-state index is 11.7. The van der Waals surface area contributed by atoms with Crippen LogP contribution in [-0.4, -0.2) is 19.6 Å². The molecule has 0 aromatic heterocycles. The van der Waals surface area contributed by atoms with Gasteiger partial charge < -0.3 is 9.64 Å². The fraction of sp³-hybridized carbons (Fsp3) is 0.462. The molecule has 3 nitrogen and oxygen atoms in total. The number of benzene rings is 1. The maximum Gasteiger partial charge on any atom is 0.230 e. The lowest BCUT2D eigenvalue weighted by atomic mass is 10.1. The highest BCUT2D eigenvalue weighted by molar-refractivity contribution is 5.95. The van der Waals surface area contributed by atoms with Gasteiger partial charge in [0.2, 0.25) is 5.91 Å². The Morgan fingerprint density at radius 3 is 2.94 bits per heavy atom. The van der Waals surface area contributed by atoms with E-state index in [1.54, 1.807) is 4.90 Å². The van der Waals surface area contributed by atoms with Crippen LogP contribution >= 0.6 is 0 Å². The Balaban J connectivity index is 2.01. The summed E-state index contributed by atoms with van der Waals surface area (Å²) in [5, 5.41) is 0. The van der Waals surface area contributed by atoms with E-state index in [2.05, 4.69) is 12.1 Å². The van der Waals surface area contributed by atoms with Gasteiger partial charge in [0.1, 0.15) is 5.75 Å². The maximum atomic E-state index is 11.7. The summed E-state index contributed by atoms with van der Waals surface area (Å²) in [7, 11) is 1.81. The van der Waals surface area contributed by atoms with E-state index >= 15 is 0 Å². The van der Waals surface area contributed by atoms with E-state index in [0.29, 0.717) is 13.0 Å². The predicted molar refractivity (Wildman–Crippen MR) is 61.9 cm³/mol. The Morgan fingerprint density at radius 2 is 2.19 bits per heavy atom.